The summed E-state index contributed by atoms with van der Waals surface area (Å²) < 4.78 is 1.87. The molecule has 0 aliphatic heterocycles. The van der Waals surface area contributed by atoms with Crippen molar-refractivity contribution in [3.05, 3.63) is 45.5 Å². The van der Waals surface area contributed by atoms with E-state index in [1.54, 1.807) is 0 Å². The molecule has 2 rings (SSSR count). The van der Waals surface area contributed by atoms with E-state index in [0.29, 0.717) is 0 Å². The van der Waals surface area contributed by atoms with Crippen LogP contribution in [0.25, 0.3) is 0 Å². The molecule has 1 unspecified atom stereocenters. The molecular weight excluding hydrogens is 284 g/mol. The lowest BCUT2D eigenvalue weighted by Gasteiger charge is -2.20. The standard InChI is InChI=1S/C16H23ClN4/c1-6-18-13(16-11(3)7-10(2)9-19-16)8-14-15(17)12(4)20-21(14)5/h7,9,13,18H,6,8H2,1-5H3. The van der Waals surface area contributed by atoms with Crippen molar-refractivity contribution < 1.29 is 0 Å². The Morgan fingerprint density at radius 2 is 2.05 bits per heavy atom. The van der Waals surface area contributed by atoms with E-state index in [0.717, 1.165) is 35.1 Å². The molecule has 2 heterocycles. The van der Waals surface area contributed by atoms with Crippen LogP contribution in [0.1, 0.15) is 41.2 Å². The number of nitrogens with zero attached hydrogens (tertiary/aromatic N) is 3. The van der Waals surface area contributed by atoms with Gasteiger partial charge in [-0.3, -0.25) is 9.67 Å². The van der Waals surface area contributed by atoms with Gasteiger partial charge in [-0.15, -0.1) is 0 Å². The molecule has 0 radical (unpaired) electrons. The first-order valence-electron chi connectivity index (χ1n) is 7.28. The number of likely N-dealkylation sites (N-methyl/N-ethyl adjacent to an activating group) is 1. The Hall–Kier alpha value is -1.39. The molecule has 0 aromatic carbocycles. The highest BCUT2D eigenvalue weighted by Gasteiger charge is 2.20. The maximum atomic E-state index is 6.38. The summed E-state index contributed by atoms with van der Waals surface area (Å²) in [6.45, 7) is 9.09. The van der Waals surface area contributed by atoms with E-state index in [1.165, 1.54) is 11.1 Å². The summed E-state index contributed by atoms with van der Waals surface area (Å²) in [5.41, 5.74) is 5.38. The van der Waals surface area contributed by atoms with E-state index in [-0.39, 0.29) is 6.04 Å². The molecule has 21 heavy (non-hydrogen) atoms. The Morgan fingerprint density at radius 1 is 1.33 bits per heavy atom. The molecule has 2 aromatic rings. The highest BCUT2D eigenvalue weighted by Crippen LogP contribution is 2.26. The maximum Gasteiger partial charge on any atom is 0.0847 e. The molecule has 1 atom stereocenters. The number of halogens is 1. The van der Waals surface area contributed by atoms with Gasteiger partial charge >= 0.3 is 0 Å². The highest BCUT2D eigenvalue weighted by atomic mass is 35.5. The topological polar surface area (TPSA) is 42.7 Å². The summed E-state index contributed by atoms with van der Waals surface area (Å²) in [7, 11) is 1.94. The first-order valence-corrected chi connectivity index (χ1v) is 7.66. The van der Waals surface area contributed by atoms with Crippen LogP contribution in [-0.4, -0.2) is 21.3 Å². The molecule has 0 saturated carbocycles. The van der Waals surface area contributed by atoms with Crippen molar-refractivity contribution in [3.63, 3.8) is 0 Å². The zero-order chi connectivity index (χ0) is 15.6. The summed E-state index contributed by atoms with van der Waals surface area (Å²) >= 11 is 6.38. The highest BCUT2D eigenvalue weighted by molar-refractivity contribution is 6.31. The maximum absolute atomic E-state index is 6.38. The van der Waals surface area contributed by atoms with E-state index >= 15 is 0 Å². The lowest BCUT2D eigenvalue weighted by atomic mass is 10.0. The number of hydrogen-bond donors (Lipinski definition) is 1. The van der Waals surface area contributed by atoms with Crippen molar-refractivity contribution in [1.82, 2.24) is 20.1 Å². The molecule has 0 saturated heterocycles. The molecule has 0 bridgehead atoms. The number of aryl methyl sites for hydroxylation is 4. The molecule has 0 aliphatic rings. The van der Waals surface area contributed by atoms with Crippen LogP contribution < -0.4 is 5.32 Å². The second-order valence-corrected chi connectivity index (χ2v) is 5.88. The first kappa shape index (κ1) is 16.0. The number of aromatic nitrogens is 3. The fraction of sp³-hybridized carbons (Fsp3) is 0.500. The molecule has 114 valence electrons. The Morgan fingerprint density at radius 3 is 2.57 bits per heavy atom. The zero-order valence-corrected chi connectivity index (χ0v) is 14.1. The summed E-state index contributed by atoms with van der Waals surface area (Å²) in [6.07, 6.45) is 2.70. The zero-order valence-electron chi connectivity index (χ0n) is 13.4. The number of nitrogens with one attached hydrogen (secondary N) is 1. The first-order chi connectivity index (χ1) is 9.93. The van der Waals surface area contributed by atoms with Crippen LogP contribution in [0.3, 0.4) is 0 Å². The van der Waals surface area contributed by atoms with E-state index in [2.05, 4.69) is 42.2 Å². The van der Waals surface area contributed by atoms with Gasteiger partial charge in [0.1, 0.15) is 0 Å². The lowest BCUT2D eigenvalue weighted by molar-refractivity contribution is 0.515. The van der Waals surface area contributed by atoms with Gasteiger partial charge in [-0.2, -0.15) is 5.10 Å². The Kier molecular flexibility index (Phi) is 5.01. The smallest absolute Gasteiger partial charge is 0.0847 e. The van der Waals surface area contributed by atoms with Gasteiger partial charge < -0.3 is 5.32 Å². The predicted octanol–water partition coefficient (Wildman–Crippen LogP) is 3.29. The minimum atomic E-state index is 0.142. The van der Waals surface area contributed by atoms with Crippen LogP contribution in [0, 0.1) is 20.8 Å². The predicted molar refractivity (Wildman–Crippen MR) is 86.8 cm³/mol. The van der Waals surface area contributed by atoms with Gasteiger partial charge in [-0.1, -0.05) is 24.6 Å². The Labute approximate surface area is 131 Å². The minimum Gasteiger partial charge on any atom is -0.309 e. The fourth-order valence-electron chi connectivity index (χ4n) is 2.70. The monoisotopic (exact) mass is 306 g/mol. The van der Waals surface area contributed by atoms with Gasteiger partial charge in [-0.05, 0) is 38.4 Å². The van der Waals surface area contributed by atoms with E-state index in [1.807, 2.05) is 24.9 Å². The van der Waals surface area contributed by atoms with Crippen LogP contribution in [0.2, 0.25) is 5.02 Å². The third-order valence-electron chi connectivity index (χ3n) is 3.70. The van der Waals surface area contributed by atoms with Gasteiger partial charge in [-0.25, -0.2) is 0 Å². The Balaban J connectivity index is 2.35. The number of pyridine rings is 1. The van der Waals surface area contributed by atoms with Crippen molar-refractivity contribution in [2.75, 3.05) is 6.54 Å². The fourth-order valence-corrected chi connectivity index (χ4v) is 2.94. The van der Waals surface area contributed by atoms with Crippen molar-refractivity contribution in [2.24, 2.45) is 7.05 Å². The van der Waals surface area contributed by atoms with Crippen molar-refractivity contribution in [3.8, 4) is 0 Å². The third kappa shape index (κ3) is 3.44. The van der Waals surface area contributed by atoms with E-state index < -0.39 is 0 Å². The Bertz CT molecular complexity index is 633. The van der Waals surface area contributed by atoms with Crippen LogP contribution in [0.4, 0.5) is 0 Å². The van der Waals surface area contributed by atoms with Gasteiger partial charge in [0.05, 0.1) is 28.1 Å². The third-order valence-corrected chi connectivity index (χ3v) is 4.19. The molecule has 2 aromatic heterocycles. The summed E-state index contributed by atoms with van der Waals surface area (Å²) in [5.74, 6) is 0. The number of rotatable bonds is 5. The molecular formula is C16H23ClN4. The second kappa shape index (κ2) is 6.58. The average molecular weight is 307 g/mol. The largest absolute Gasteiger partial charge is 0.309 e. The van der Waals surface area contributed by atoms with Gasteiger partial charge in [0.15, 0.2) is 0 Å². The van der Waals surface area contributed by atoms with E-state index in [9.17, 15) is 0 Å². The normalized spacial score (nSPS) is 12.7. The van der Waals surface area contributed by atoms with E-state index in [4.69, 9.17) is 11.6 Å². The lowest BCUT2D eigenvalue weighted by Crippen LogP contribution is -2.25. The molecule has 0 spiro atoms. The summed E-state index contributed by atoms with van der Waals surface area (Å²) in [6, 6.07) is 2.31. The van der Waals surface area contributed by atoms with Crippen LogP contribution in [0.5, 0.6) is 0 Å². The van der Waals surface area contributed by atoms with Crippen molar-refractivity contribution in [1.29, 1.82) is 0 Å². The average Bonchev–Trinajstić information content (AvgIpc) is 2.65. The molecule has 4 nitrogen and oxygen atoms in total. The molecule has 0 fully saturated rings. The van der Waals surface area contributed by atoms with Gasteiger partial charge in [0.25, 0.3) is 0 Å². The van der Waals surface area contributed by atoms with Gasteiger partial charge in [0.2, 0.25) is 0 Å². The van der Waals surface area contributed by atoms with Gasteiger partial charge in [0, 0.05) is 19.7 Å². The minimum absolute atomic E-state index is 0.142. The molecule has 0 aliphatic carbocycles. The quantitative estimate of drug-likeness (QED) is 0.922. The van der Waals surface area contributed by atoms with Crippen LogP contribution in [-0.2, 0) is 13.5 Å². The SMILES string of the molecule is CCNC(Cc1c(Cl)c(C)nn1C)c1ncc(C)cc1C. The number of hydrogen-bond acceptors (Lipinski definition) is 3. The molecule has 1 N–H and O–H groups in total. The summed E-state index contributed by atoms with van der Waals surface area (Å²) in [4.78, 5) is 4.62. The van der Waals surface area contributed by atoms with Crippen LogP contribution in [0.15, 0.2) is 12.3 Å². The molecule has 0 amide bonds. The van der Waals surface area contributed by atoms with Crippen molar-refractivity contribution in [2.45, 2.75) is 40.2 Å². The van der Waals surface area contributed by atoms with Crippen molar-refractivity contribution >= 4 is 11.6 Å². The molecule has 5 heteroatoms. The second-order valence-electron chi connectivity index (χ2n) is 5.50. The summed E-state index contributed by atoms with van der Waals surface area (Å²) in [5, 5.41) is 8.65. The van der Waals surface area contributed by atoms with Crippen LogP contribution >= 0.6 is 11.6 Å².